The molecule has 152 valence electrons. The fraction of sp³-hybridized carbons (Fsp3) is 0.350. The van der Waals surface area contributed by atoms with E-state index < -0.39 is 10.0 Å². The van der Waals surface area contributed by atoms with Crippen molar-refractivity contribution in [3.63, 3.8) is 0 Å². The topological polar surface area (TPSA) is 93.7 Å². The summed E-state index contributed by atoms with van der Waals surface area (Å²) in [5.41, 5.74) is 1.14. The maximum atomic E-state index is 12.4. The van der Waals surface area contributed by atoms with E-state index in [1.807, 2.05) is 19.1 Å². The number of sulfonamides is 1. The zero-order valence-corrected chi connectivity index (χ0v) is 17.3. The van der Waals surface area contributed by atoms with E-state index in [1.54, 1.807) is 20.1 Å². The highest BCUT2D eigenvalue weighted by atomic mass is 32.2. The van der Waals surface area contributed by atoms with Crippen molar-refractivity contribution in [1.29, 1.82) is 0 Å². The number of benzene rings is 2. The van der Waals surface area contributed by atoms with E-state index in [2.05, 4.69) is 10.0 Å². The Labute approximate surface area is 166 Å². The summed E-state index contributed by atoms with van der Waals surface area (Å²) in [5, 5.41) is 2.80. The van der Waals surface area contributed by atoms with Gasteiger partial charge in [0.05, 0.1) is 19.1 Å². The average Bonchev–Trinajstić information content (AvgIpc) is 2.71. The third-order valence-electron chi connectivity index (χ3n) is 4.32. The number of para-hydroxylation sites is 1. The maximum absolute atomic E-state index is 12.4. The van der Waals surface area contributed by atoms with Gasteiger partial charge in [0.2, 0.25) is 10.0 Å². The molecule has 0 bridgehead atoms. The molecule has 0 spiro atoms. The van der Waals surface area contributed by atoms with Gasteiger partial charge >= 0.3 is 0 Å². The first kappa shape index (κ1) is 21.7. The number of hydrogen-bond acceptors (Lipinski definition) is 5. The number of amides is 1. The predicted octanol–water partition coefficient (Wildman–Crippen LogP) is 2.71. The molecule has 0 radical (unpaired) electrons. The third-order valence-corrected chi connectivity index (χ3v) is 5.92. The van der Waals surface area contributed by atoms with Crippen molar-refractivity contribution in [2.24, 2.45) is 0 Å². The smallest absolute Gasteiger partial charge is 0.251 e. The van der Waals surface area contributed by atoms with Crippen LogP contribution in [0, 0.1) is 0 Å². The van der Waals surface area contributed by atoms with Crippen LogP contribution < -0.4 is 19.5 Å². The van der Waals surface area contributed by atoms with Gasteiger partial charge in [0.15, 0.2) is 11.5 Å². The van der Waals surface area contributed by atoms with Gasteiger partial charge < -0.3 is 14.8 Å². The summed E-state index contributed by atoms with van der Waals surface area (Å²) in [4.78, 5) is 12.5. The first-order chi connectivity index (χ1) is 13.3. The summed E-state index contributed by atoms with van der Waals surface area (Å²) in [6.45, 7) is 3.94. The molecule has 2 N–H and O–H groups in total. The summed E-state index contributed by atoms with van der Waals surface area (Å²) in [7, 11) is -0.513. The lowest BCUT2D eigenvalue weighted by molar-refractivity contribution is 0.0950. The molecule has 1 unspecified atom stereocenters. The largest absolute Gasteiger partial charge is 0.493 e. The normalized spacial score (nSPS) is 12.3. The SMILES string of the molecule is CCC(C)NS(=O)(=O)c1ccc(C(=O)NCc2cccc(OC)c2OC)cc1. The number of carbonyl (C=O) groups excluding carboxylic acids is 1. The lowest BCUT2D eigenvalue weighted by atomic mass is 10.1. The molecular weight excluding hydrogens is 380 g/mol. The van der Waals surface area contributed by atoms with Crippen LogP contribution in [0.2, 0.25) is 0 Å². The Morgan fingerprint density at radius 2 is 1.75 bits per heavy atom. The van der Waals surface area contributed by atoms with E-state index in [-0.39, 0.29) is 23.4 Å². The molecular formula is C20H26N2O5S. The van der Waals surface area contributed by atoms with Gasteiger partial charge in [0, 0.05) is 23.7 Å². The highest BCUT2D eigenvalue weighted by Crippen LogP contribution is 2.30. The molecule has 0 aliphatic rings. The monoisotopic (exact) mass is 406 g/mol. The first-order valence-electron chi connectivity index (χ1n) is 8.92. The molecule has 0 saturated heterocycles. The summed E-state index contributed by atoms with van der Waals surface area (Å²) in [5.74, 6) is 0.823. The van der Waals surface area contributed by atoms with Gasteiger partial charge in [-0.2, -0.15) is 0 Å². The lowest BCUT2D eigenvalue weighted by Crippen LogP contribution is -2.32. The fourth-order valence-electron chi connectivity index (χ4n) is 2.57. The van der Waals surface area contributed by atoms with Crippen LogP contribution in [0.3, 0.4) is 0 Å². The number of ether oxygens (including phenoxy) is 2. The number of rotatable bonds is 9. The van der Waals surface area contributed by atoms with Crippen LogP contribution in [0.5, 0.6) is 11.5 Å². The Morgan fingerprint density at radius 1 is 1.07 bits per heavy atom. The second-order valence-electron chi connectivity index (χ2n) is 6.29. The Hall–Kier alpha value is -2.58. The standard InChI is InChI=1S/C20H26N2O5S/c1-5-14(2)22-28(24,25)17-11-9-15(10-12-17)20(23)21-13-16-7-6-8-18(26-3)19(16)27-4/h6-12,14,22H,5,13H2,1-4H3,(H,21,23). The van der Waals surface area contributed by atoms with Crippen LogP contribution in [0.15, 0.2) is 47.4 Å². The van der Waals surface area contributed by atoms with Gasteiger partial charge in [-0.3, -0.25) is 4.79 Å². The Morgan fingerprint density at radius 3 is 2.32 bits per heavy atom. The molecule has 2 aromatic carbocycles. The number of carbonyl (C=O) groups is 1. The molecule has 0 fully saturated rings. The van der Waals surface area contributed by atoms with E-state index in [0.29, 0.717) is 23.5 Å². The molecule has 0 aromatic heterocycles. The summed E-state index contributed by atoms with van der Waals surface area (Å²) in [6.07, 6.45) is 0.688. The lowest BCUT2D eigenvalue weighted by Gasteiger charge is -2.14. The van der Waals surface area contributed by atoms with Gasteiger partial charge in [-0.25, -0.2) is 13.1 Å². The Bertz CT molecular complexity index is 911. The first-order valence-corrected chi connectivity index (χ1v) is 10.4. The van der Waals surface area contributed by atoms with Crippen molar-refractivity contribution in [3.05, 3.63) is 53.6 Å². The van der Waals surface area contributed by atoms with E-state index in [4.69, 9.17) is 9.47 Å². The summed E-state index contributed by atoms with van der Waals surface area (Å²) < 4.78 is 37.8. The van der Waals surface area contributed by atoms with Crippen molar-refractivity contribution in [1.82, 2.24) is 10.0 Å². The molecule has 28 heavy (non-hydrogen) atoms. The van der Waals surface area contributed by atoms with Gasteiger partial charge in [0.1, 0.15) is 0 Å². The summed E-state index contributed by atoms with van der Waals surface area (Å²) in [6, 6.07) is 11.1. The average molecular weight is 407 g/mol. The predicted molar refractivity (Wildman–Crippen MR) is 107 cm³/mol. The maximum Gasteiger partial charge on any atom is 0.251 e. The van der Waals surface area contributed by atoms with Crippen LogP contribution in [0.1, 0.15) is 36.2 Å². The van der Waals surface area contributed by atoms with Crippen molar-refractivity contribution in [3.8, 4) is 11.5 Å². The van der Waals surface area contributed by atoms with Gasteiger partial charge in [-0.15, -0.1) is 0 Å². The van der Waals surface area contributed by atoms with Crippen molar-refractivity contribution >= 4 is 15.9 Å². The van der Waals surface area contributed by atoms with Crippen molar-refractivity contribution in [2.75, 3.05) is 14.2 Å². The van der Waals surface area contributed by atoms with E-state index in [9.17, 15) is 13.2 Å². The molecule has 0 heterocycles. The molecule has 1 amide bonds. The Kier molecular flexibility index (Phi) is 7.42. The minimum Gasteiger partial charge on any atom is -0.493 e. The van der Waals surface area contributed by atoms with E-state index in [0.717, 1.165) is 5.56 Å². The highest BCUT2D eigenvalue weighted by molar-refractivity contribution is 7.89. The fourth-order valence-corrected chi connectivity index (χ4v) is 3.90. The highest BCUT2D eigenvalue weighted by Gasteiger charge is 2.17. The van der Waals surface area contributed by atoms with Crippen LogP contribution in [0.25, 0.3) is 0 Å². The molecule has 2 aromatic rings. The molecule has 0 aliphatic carbocycles. The van der Waals surface area contributed by atoms with Crippen LogP contribution in [-0.4, -0.2) is 34.6 Å². The Balaban J connectivity index is 2.08. The van der Waals surface area contributed by atoms with Crippen LogP contribution in [-0.2, 0) is 16.6 Å². The van der Waals surface area contributed by atoms with Gasteiger partial charge in [-0.05, 0) is 43.7 Å². The second kappa shape index (κ2) is 9.57. The van der Waals surface area contributed by atoms with Crippen molar-refractivity contribution in [2.45, 2.75) is 37.8 Å². The van der Waals surface area contributed by atoms with Crippen LogP contribution >= 0.6 is 0 Å². The summed E-state index contributed by atoms with van der Waals surface area (Å²) >= 11 is 0. The van der Waals surface area contributed by atoms with E-state index >= 15 is 0 Å². The van der Waals surface area contributed by atoms with Crippen molar-refractivity contribution < 1.29 is 22.7 Å². The molecule has 2 rings (SSSR count). The zero-order valence-electron chi connectivity index (χ0n) is 16.5. The number of methoxy groups -OCH3 is 2. The number of nitrogens with one attached hydrogen (secondary N) is 2. The molecule has 8 heteroatoms. The zero-order chi connectivity index (χ0) is 20.7. The third kappa shape index (κ3) is 5.24. The van der Waals surface area contributed by atoms with Crippen LogP contribution in [0.4, 0.5) is 0 Å². The second-order valence-corrected chi connectivity index (χ2v) is 8.00. The molecule has 1 atom stereocenters. The minimum absolute atomic E-state index is 0.124. The van der Waals surface area contributed by atoms with E-state index in [1.165, 1.54) is 31.4 Å². The molecule has 7 nitrogen and oxygen atoms in total. The number of hydrogen-bond donors (Lipinski definition) is 2. The van der Waals surface area contributed by atoms with Gasteiger partial charge in [-0.1, -0.05) is 19.1 Å². The quantitative estimate of drug-likeness (QED) is 0.668. The molecule has 0 saturated carbocycles. The minimum atomic E-state index is -3.60. The van der Waals surface area contributed by atoms with Gasteiger partial charge in [0.25, 0.3) is 5.91 Å². The molecule has 0 aliphatic heterocycles.